The Morgan fingerprint density at radius 2 is 0.950 bits per heavy atom. The summed E-state index contributed by atoms with van der Waals surface area (Å²) >= 11 is 0. The second kappa shape index (κ2) is 12.3. The van der Waals surface area contributed by atoms with Crippen LogP contribution in [0, 0.1) is 0 Å². The summed E-state index contributed by atoms with van der Waals surface area (Å²) < 4.78 is 20.1. The monoisotopic (exact) mass is 568 g/mol. The van der Waals surface area contributed by atoms with Crippen LogP contribution in [0.5, 0.6) is 0 Å². The first kappa shape index (κ1) is 32.8. The molecule has 0 radical (unpaired) electrons. The highest BCUT2D eigenvalue weighted by molar-refractivity contribution is 7.31. The molecule has 4 heteroatoms. The van der Waals surface area contributed by atoms with Crippen LogP contribution in [-0.2, 0) is 21.7 Å². The van der Waals surface area contributed by atoms with E-state index >= 15 is 0 Å². The first-order valence-corrected chi connectivity index (χ1v) is 16.6. The summed E-state index contributed by atoms with van der Waals surface area (Å²) in [4.78, 5) is 0. The highest BCUT2D eigenvalue weighted by Gasteiger charge is 2.28. The van der Waals surface area contributed by atoms with Gasteiger partial charge in [0, 0.05) is 21.9 Å². The van der Waals surface area contributed by atoms with E-state index in [4.69, 9.17) is 12.9 Å². The van der Waals surface area contributed by atoms with E-state index in [-0.39, 0.29) is 21.7 Å². The molecular weight excluding hydrogens is 511 g/mol. The van der Waals surface area contributed by atoms with Crippen LogP contribution in [0.15, 0.2) is 32.7 Å². The van der Waals surface area contributed by atoms with Crippen LogP contribution < -0.4 is 4.52 Å². The molecule has 0 aliphatic heterocycles. The smallest absolute Gasteiger partial charge is 0.387 e. The van der Waals surface area contributed by atoms with Crippen LogP contribution in [0.4, 0.5) is 0 Å². The number of hydrogen-bond donors (Lipinski definition) is 0. The van der Waals surface area contributed by atoms with Crippen molar-refractivity contribution in [3.8, 4) is 0 Å². The Bertz CT molecular complexity index is 1240. The van der Waals surface area contributed by atoms with Crippen LogP contribution in [0.1, 0.15) is 151 Å². The third kappa shape index (κ3) is 7.98. The Morgan fingerprint density at radius 3 is 1.32 bits per heavy atom. The van der Waals surface area contributed by atoms with Crippen molar-refractivity contribution >= 4 is 30.2 Å². The van der Waals surface area contributed by atoms with E-state index in [1.165, 1.54) is 54.4 Å². The number of fused-ring (bicyclic) bond motifs is 3. The third-order valence-electron chi connectivity index (χ3n) is 7.84. The normalized spacial score (nSPS) is 13.4. The quantitative estimate of drug-likeness (QED) is 0.254. The summed E-state index contributed by atoms with van der Waals surface area (Å²) in [6, 6.07) is 9.39. The lowest BCUT2D eigenvalue weighted by atomic mass is 9.77. The summed E-state index contributed by atoms with van der Waals surface area (Å²) in [5.41, 5.74) is 6.65. The molecule has 0 N–H and O–H groups in total. The van der Waals surface area contributed by atoms with Gasteiger partial charge >= 0.3 is 8.24 Å². The van der Waals surface area contributed by atoms with Crippen LogP contribution in [-0.4, -0.2) is 6.61 Å². The molecule has 0 aliphatic carbocycles. The molecular formula is C36H57O3P. The van der Waals surface area contributed by atoms with Crippen molar-refractivity contribution in [2.45, 2.75) is 150 Å². The average Bonchev–Trinajstić information content (AvgIpc) is 2.96. The van der Waals surface area contributed by atoms with Gasteiger partial charge in [-0.1, -0.05) is 134 Å². The van der Waals surface area contributed by atoms with Gasteiger partial charge in [0.25, 0.3) is 0 Å². The van der Waals surface area contributed by atoms with E-state index in [2.05, 4.69) is 114 Å². The molecule has 0 bridgehead atoms. The molecule has 1 heterocycles. The lowest BCUT2D eigenvalue weighted by Gasteiger charge is -2.27. The minimum Gasteiger partial charge on any atom is -0.399 e. The van der Waals surface area contributed by atoms with Gasteiger partial charge in [-0.05, 0) is 51.3 Å². The van der Waals surface area contributed by atoms with Crippen molar-refractivity contribution in [3.63, 3.8) is 0 Å². The molecule has 0 aliphatic rings. The van der Waals surface area contributed by atoms with Crippen molar-refractivity contribution < 1.29 is 12.9 Å². The van der Waals surface area contributed by atoms with E-state index in [1.807, 2.05) is 0 Å². The van der Waals surface area contributed by atoms with Crippen LogP contribution >= 0.6 is 8.24 Å². The minimum atomic E-state index is -1.60. The van der Waals surface area contributed by atoms with Gasteiger partial charge in [0.05, 0.1) is 6.61 Å². The lowest BCUT2D eigenvalue weighted by Crippen LogP contribution is -2.17. The van der Waals surface area contributed by atoms with E-state index in [1.54, 1.807) is 0 Å². The zero-order chi connectivity index (χ0) is 30.1. The molecule has 0 fully saturated rings. The van der Waals surface area contributed by atoms with Crippen molar-refractivity contribution in [2.24, 2.45) is 0 Å². The third-order valence-corrected chi connectivity index (χ3v) is 8.90. The van der Waals surface area contributed by atoms with E-state index < -0.39 is 8.24 Å². The van der Waals surface area contributed by atoms with Gasteiger partial charge in [0.1, 0.15) is 11.2 Å². The standard InChI is InChI=1S/C36H57O3P/c1-14-15-16-17-18-19-20-37-40-38-31-27(21-25(33(2,3)4)23-29(31)35(8,9)10)28-22-26(34(5,6)7)24-30(32(28)39-40)36(11,12)13/h21-24H,14-20H2,1-13H3. The molecule has 3 aromatic rings. The van der Waals surface area contributed by atoms with Crippen molar-refractivity contribution in [2.75, 3.05) is 6.61 Å². The lowest BCUT2D eigenvalue weighted by molar-refractivity contribution is 0.355. The zero-order valence-electron chi connectivity index (χ0n) is 27.9. The van der Waals surface area contributed by atoms with Gasteiger partial charge in [-0.15, -0.1) is 0 Å². The molecule has 0 atom stereocenters. The maximum Gasteiger partial charge on any atom is 0.387 e. The molecule has 0 saturated heterocycles. The zero-order valence-corrected chi connectivity index (χ0v) is 28.8. The largest absolute Gasteiger partial charge is 0.399 e. The molecule has 3 rings (SSSR count). The predicted molar refractivity (Wildman–Crippen MR) is 176 cm³/mol. The second-order valence-electron chi connectivity index (χ2n) is 15.8. The van der Waals surface area contributed by atoms with Gasteiger partial charge in [0.15, 0.2) is 0 Å². The first-order chi connectivity index (χ1) is 18.3. The number of hydrogen-bond acceptors (Lipinski definition) is 3. The van der Waals surface area contributed by atoms with Crippen molar-refractivity contribution in [3.05, 3.63) is 46.5 Å². The van der Waals surface area contributed by atoms with Crippen molar-refractivity contribution in [1.82, 2.24) is 0 Å². The Morgan fingerprint density at radius 1 is 0.550 bits per heavy atom. The number of rotatable bonds is 8. The molecule has 3 nitrogen and oxygen atoms in total. The van der Waals surface area contributed by atoms with Gasteiger partial charge < -0.3 is 8.39 Å². The Balaban J connectivity index is 2.41. The van der Waals surface area contributed by atoms with Gasteiger partial charge in [0.2, 0.25) is 0 Å². The van der Waals surface area contributed by atoms with Crippen LogP contribution in [0.25, 0.3) is 21.9 Å². The maximum absolute atomic E-state index is 6.82. The van der Waals surface area contributed by atoms with E-state index in [0.717, 1.165) is 28.4 Å². The van der Waals surface area contributed by atoms with E-state index in [0.29, 0.717) is 6.61 Å². The SMILES string of the molecule is CCCCCCCCOp1oc2c(C(C)(C)C)cc(C(C)(C)C)cc2c2cc(C(C)(C)C)cc(C(C)(C)C)c2o1. The van der Waals surface area contributed by atoms with Crippen LogP contribution in [0.3, 0.4) is 0 Å². The molecule has 0 saturated carbocycles. The highest BCUT2D eigenvalue weighted by atomic mass is 31.1. The Kier molecular flexibility index (Phi) is 10.1. The summed E-state index contributed by atoms with van der Waals surface area (Å²) in [6.07, 6.45) is 7.35. The highest BCUT2D eigenvalue weighted by Crippen LogP contribution is 2.45. The number of unbranched alkanes of at least 4 members (excludes halogenated alkanes) is 5. The second-order valence-corrected chi connectivity index (χ2v) is 16.9. The summed E-state index contributed by atoms with van der Waals surface area (Å²) in [6.45, 7) is 30.3. The Labute approximate surface area is 246 Å². The summed E-state index contributed by atoms with van der Waals surface area (Å²) in [5, 5.41) is 2.24. The first-order valence-electron chi connectivity index (χ1n) is 15.5. The fourth-order valence-corrected chi connectivity index (χ4v) is 6.19. The molecule has 0 spiro atoms. The molecule has 224 valence electrons. The molecule has 0 unspecified atom stereocenters. The molecule has 1 aromatic heterocycles. The predicted octanol–water partition coefficient (Wildman–Crippen LogP) is 12.3. The van der Waals surface area contributed by atoms with Gasteiger partial charge in [-0.25, -0.2) is 0 Å². The number of benzene rings is 2. The fraction of sp³-hybridized carbons (Fsp3) is 0.667. The van der Waals surface area contributed by atoms with Crippen molar-refractivity contribution in [1.29, 1.82) is 0 Å². The van der Waals surface area contributed by atoms with Gasteiger partial charge in [-0.3, -0.25) is 4.52 Å². The Hall–Kier alpha value is -1.70. The summed E-state index contributed by atoms with van der Waals surface area (Å²) in [7, 11) is -1.60. The molecule has 2 aromatic carbocycles. The van der Waals surface area contributed by atoms with Crippen LogP contribution in [0.2, 0.25) is 0 Å². The minimum absolute atomic E-state index is 0.00411. The van der Waals surface area contributed by atoms with Gasteiger partial charge in [-0.2, -0.15) is 0 Å². The molecule has 40 heavy (non-hydrogen) atoms. The molecule has 0 amide bonds. The maximum atomic E-state index is 6.82. The fourth-order valence-electron chi connectivity index (χ4n) is 5.08. The topological polar surface area (TPSA) is 35.5 Å². The van der Waals surface area contributed by atoms with E-state index in [9.17, 15) is 0 Å². The average molecular weight is 569 g/mol. The summed E-state index contributed by atoms with van der Waals surface area (Å²) in [5.74, 6) is 0.